The van der Waals surface area contributed by atoms with Gasteiger partial charge in [0, 0.05) is 30.4 Å². The molecule has 1 heterocycles. The van der Waals surface area contributed by atoms with E-state index < -0.39 is 9.84 Å². The van der Waals surface area contributed by atoms with Crippen LogP contribution in [0.3, 0.4) is 0 Å². The zero-order valence-electron chi connectivity index (χ0n) is 18.7. The molecule has 3 rings (SSSR count). The third-order valence-electron chi connectivity index (χ3n) is 4.40. The van der Waals surface area contributed by atoms with Crippen molar-refractivity contribution in [3.8, 4) is 5.75 Å². The summed E-state index contributed by atoms with van der Waals surface area (Å²) in [6.45, 7) is 4.34. The number of sulfone groups is 1. The van der Waals surface area contributed by atoms with Gasteiger partial charge < -0.3 is 25.4 Å². The smallest absolute Gasteiger partial charge is 0.247 e. The van der Waals surface area contributed by atoms with Gasteiger partial charge in [-0.3, -0.25) is 4.79 Å². The summed E-state index contributed by atoms with van der Waals surface area (Å²) in [6, 6.07) is 13.9. The van der Waals surface area contributed by atoms with E-state index in [4.69, 9.17) is 9.47 Å². The van der Waals surface area contributed by atoms with Crippen LogP contribution in [-0.4, -0.2) is 50.9 Å². The normalized spacial score (nSPS) is 10.9. The van der Waals surface area contributed by atoms with Crippen LogP contribution in [-0.2, 0) is 19.4 Å². The number of nitrogens with one attached hydrogen (secondary N) is 3. The zero-order chi connectivity index (χ0) is 24.6. The Bertz CT molecular complexity index is 1260. The number of hydrogen-bond acceptors (Lipinski definition) is 9. The van der Waals surface area contributed by atoms with Crippen molar-refractivity contribution in [2.45, 2.75) is 4.90 Å². The van der Waals surface area contributed by atoms with Crippen molar-refractivity contribution >= 4 is 44.6 Å². The second-order valence-electron chi connectivity index (χ2n) is 7.07. The van der Waals surface area contributed by atoms with Gasteiger partial charge in [0.25, 0.3) is 0 Å². The topological polar surface area (TPSA) is 132 Å². The SMILES string of the molecule is C=CC(=O)Nc1cccc(Nc2nc(Nc3ccc(OCCOC)cc3)ncc2S(C)(=O)=O)c1. The van der Waals surface area contributed by atoms with E-state index in [9.17, 15) is 13.2 Å². The second kappa shape index (κ2) is 11.3. The Morgan fingerprint density at radius 2 is 1.79 bits per heavy atom. The highest BCUT2D eigenvalue weighted by atomic mass is 32.2. The molecule has 10 nitrogen and oxygen atoms in total. The highest BCUT2D eigenvalue weighted by molar-refractivity contribution is 7.90. The number of carbonyl (C=O) groups is 1. The molecule has 1 aromatic heterocycles. The molecule has 0 aliphatic carbocycles. The van der Waals surface area contributed by atoms with Gasteiger partial charge in [-0.05, 0) is 48.5 Å². The van der Waals surface area contributed by atoms with E-state index in [1.807, 2.05) is 0 Å². The third-order valence-corrected chi connectivity index (χ3v) is 5.50. The van der Waals surface area contributed by atoms with Crippen LogP contribution < -0.4 is 20.7 Å². The molecule has 2 aromatic carbocycles. The second-order valence-corrected chi connectivity index (χ2v) is 9.05. The fourth-order valence-electron chi connectivity index (χ4n) is 2.80. The monoisotopic (exact) mass is 483 g/mol. The van der Waals surface area contributed by atoms with E-state index in [1.165, 1.54) is 6.20 Å². The molecule has 0 bridgehead atoms. The Balaban J connectivity index is 1.82. The Labute approximate surface area is 198 Å². The number of hydrogen-bond donors (Lipinski definition) is 3. The number of methoxy groups -OCH3 is 1. The Hall–Kier alpha value is -3.96. The van der Waals surface area contributed by atoms with Gasteiger partial charge in [0.15, 0.2) is 15.7 Å². The molecule has 3 N–H and O–H groups in total. The average molecular weight is 484 g/mol. The minimum absolute atomic E-state index is 0.0690. The van der Waals surface area contributed by atoms with Gasteiger partial charge in [-0.25, -0.2) is 13.4 Å². The highest BCUT2D eigenvalue weighted by Crippen LogP contribution is 2.26. The summed E-state index contributed by atoms with van der Waals surface area (Å²) in [6.07, 6.45) is 3.47. The van der Waals surface area contributed by atoms with Crippen molar-refractivity contribution in [2.24, 2.45) is 0 Å². The fraction of sp³-hybridized carbons (Fsp3) is 0.174. The van der Waals surface area contributed by atoms with Crippen LogP contribution >= 0.6 is 0 Å². The van der Waals surface area contributed by atoms with Gasteiger partial charge in [0.1, 0.15) is 17.3 Å². The number of aromatic nitrogens is 2. The Kier molecular flexibility index (Phi) is 8.17. The first kappa shape index (κ1) is 24.7. The number of carbonyl (C=O) groups excluding carboxylic acids is 1. The van der Waals surface area contributed by atoms with Crippen molar-refractivity contribution in [3.05, 3.63) is 67.4 Å². The number of nitrogens with zero attached hydrogens (tertiary/aromatic N) is 2. The summed E-state index contributed by atoms with van der Waals surface area (Å²) in [5, 5.41) is 8.69. The molecule has 0 spiro atoms. The van der Waals surface area contributed by atoms with Gasteiger partial charge in [0.05, 0.1) is 12.8 Å². The summed E-state index contributed by atoms with van der Waals surface area (Å²) < 4.78 is 35.1. The predicted octanol–water partition coefficient (Wildman–Crippen LogP) is 3.52. The first-order valence-electron chi connectivity index (χ1n) is 10.1. The van der Waals surface area contributed by atoms with E-state index >= 15 is 0 Å². The average Bonchev–Trinajstić information content (AvgIpc) is 2.80. The summed E-state index contributed by atoms with van der Waals surface area (Å²) in [4.78, 5) is 20.0. The molecule has 1 amide bonds. The number of anilines is 5. The van der Waals surface area contributed by atoms with Crippen molar-refractivity contribution in [1.82, 2.24) is 9.97 Å². The highest BCUT2D eigenvalue weighted by Gasteiger charge is 2.17. The number of rotatable bonds is 11. The molecule has 34 heavy (non-hydrogen) atoms. The van der Waals surface area contributed by atoms with Crippen LogP contribution in [0.2, 0.25) is 0 Å². The Morgan fingerprint density at radius 3 is 2.47 bits per heavy atom. The number of amides is 1. The quantitative estimate of drug-likeness (QED) is 0.277. The molecule has 0 aliphatic heterocycles. The molecule has 178 valence electrons. The molecule has 0 saturated heterocycles. The zero-order valence-corrected chi connectivity index (χ0v) is 19.6. The minimum atomic E-state index is -3.62. The fourth-order valence-corrected chi connectivity index (χ4v) is 3.50. The van der Waals surface area contributed by atoms with Gasteiger partial charge in [-0.1, -0.05) is 12.6 Å². The molecule has 0 radical (unpaired) electrons. The third kappa shape index (κ3) is 7.02. The molecular weight excluding hydrogens is 458 g/mol. The maximum absolute atomic E-state index is 12.3. The molecule has 0 unspecified atom stereocenters. The van der Waals surface area contributed by atoms with Crippen molar-refractivity contribution < 1.29 is 22.7 Å². The molecule has 11 heteroatoms. The van der Waals surface area contributed by atoms with E-state index in [2.05, 4.69) is 32.5 Å². The van der Waals surface area contributed by atoms with Gasteiger partial charge in [-0.15, -0.1) is 0 Å². The molecule has 0 aliphatic rings. The Morgan fingerprint density at radius 1 is 1.06 bits per heavy atom. The maximum Gasteiger partial charge on any atom is 0.247 e. The lowest BCUT2D eigenvalue weighted by Crippen LogP contribution is -2.09. The lowest BCUT2D eigenvalue weighted by molar-refractivity contribution is -0.111. The molecule has 0 saturated carbocycles. The van der Waals surface area contributed by atoms with Crippen molar-refractivity contribution in [1.29, 1.82) is 0 Å². The molecular formula is C23H25N5O5S. The molecule has 0 atom stereocenters. The van der Waals surface area contributed by atoms with Crippen LogP contribution in [0.4, 0.5) is 28.8 Å². The first-order valence-corrected chi connectivity index (χ1v) is 12.0. The van der Waals surface area contributed by atoms with Crippen LogP contribution in [0.15, 0.2) is 72.3 Å². The van der Waals surface area contributed by atoms with E-state index in [-0.39, 0.29) is 22.6 Å². The van der Waals surface area contributed by atoms with Crippen molar-refractivity contribution in [2.75, 3.05) is 42.5 Å². The van der Waals surface area contributed by atoms with Crippen LogP contribution in [0.25, 0.3) is 0 Å². The van der Waals surface area contributed by atoms with Gasteiger partial charge in [0.2, 0.25) is 11.9 Å². The van der Waals surface area contributed by atoms with Crippen molar-refractivity contribution in [3.63, 3.8) is 0 Å². The summed E-state index contributed by atoms with van der Waals surface area (Å²) in [5.74, 6) is 0.602. The van der Waals surface area contributed by atoms with E-state index in [0.717, 1.165) is 12.3 Å². The standard InChI is InChI=1S/C23H25N5O5S/c1-4-21(29)25-17-6-5-7-18(14-17)26-22-20(34(3,30)31)15-24-23(28-22)27-16-8-10-19(11-9-16)33-13-12-32-2/h4-11,14-15H,1,12-13H2,2-3H3,(H,25,29)(H2,24,26,27,28). The lowest BCUT2D eigenvalue weighted by atomic mass is 10.2. The lowest BCUT2D eigenvalue weighted by Gasteiger charge is -2.13. The largest absolute Gasteiger partial charge is 0.491 e. The molecule has 3 aromatic rings. The van der Waals surface area contributed by atoms with Gasteiger partial charge >= 0.3 is 0 Å². The van der Waals surface area contributed by atoms with Gasteiger partial charge in [-0.2, -0.15) is 4.98 Å². The number of benzene rings is 2. The predicted molar refractivity (Wildman–Crippen MR) is 131 cm³/mol. The summed E-state index contributed by atoms with van der Waals surface area (Å²) in [7, 11) is -2.01. The summed E-state index contributed by atoms with van der Waals surface area (Å²) in [5.41, 5.74) is 1.72. The van der Waals surface area contributed by atoms with E-state index in [1.54, 1.807) is 55.6 Å². The van der Waals surface area contributed by atoms with Crippen LogP contribution in [0, 0.1) is 0 Å². The first-order chi connectivity index (χ1) is 16.3. The minimum Gasteiger partial charge on any atom is -0.491 e. The molecule has 0 fully saturated rings. The van der Waals surface area contributed by atoms with E-state index in [0.29, 0.717) is 36.0 Å². The summed E-state index contributed by atoms with van der Waals surface area (Å²) >= 11 is 0. The van der Waals surface area contributed by atoms with Crippen LogP contribution in [0.5, 0.6) is 5.75 Å². The van der Waals surface area contributed by atoms with Crippen LogP contribution in [0.1, 0.15) is 0 Å². The maximum atomic E-state index is 12.3. The number of ether oxygens (including phenoxy) is 2.